The lowest BCUT2D eigenvalue weighted by molar-refractivity contribution is -0.130. The van der Waals surface area contributed by atoms with Gasteiger partial charge < -0.3 is 15.4 Å². The summed E-state index contributed by atoms with van der Waals surface area (Å²) in [5.41, 5.74) is 7.88. The van der Waals surface area contributed by atoms with Crippen molar-refractivity contribution in [3.8, 4) is 5.75 Å². The Morgan fingerprint density at radius 3 is 2.38 bits per heavy atom. The monoisotopic (exact) mass is 376 g/mol. The van der Waals surface area contributed by atoms with E-state index in [-0.39, 0.29) is 24.4 Å². The van der Waals surface area contributed by atoms with Gasteiger partial charge in [0, 0.05) is 19.6 Å². The first-order valence-electron chi connectivity index (χ1n) is 8.86. The smallest absolute Gasteiger partial charge is 0.227 e. The quantitative estimate of drug-likeness (QED) is 0.729. The average molecular weight is 377 g/mol. The molecule has 0 radical (unpaired) electrons. The largest absolute Gasteiger partial charge is 0.491 e. The molecule has 142 valence electrons. The van der Waals surface area contributed by atoms with Crippen molar-refractivity contribution in [1.29, 1.82) is 0 Å². The van der Waals surface area contributed by atoms with Crippen LogP contribution in [0.1, 0.15) is 25.0 Å². The number of ether oxygens (including phenoxy) is 1. The summed E-state index contributed by atoms with van der Waals surface area (Å²) in [6, 6.07) is 17.9. The molecule has 0 unspecified atom stereocenters. The summed E-state index contributed by atoms with van der Waals surface area (Å²) in [6.07, 6.45) is 1.32. The topological polar surface area (TPSA) is 55.6 Å². The maximum absolute atomic E-state index is 12.7. The number of hydrogen-bond acceptors (Lipinski definition) is 3. The van der Waals surface area contributed by atoms with Gasteiger partial charge in [0.05, 0.1) is 12.5 Å². The molecule has 5 heteroatoms. The summed E-state index contributed by atoms with van der Waals surface area (Å²) in [7, 11) is 0. The van der Waals surface area contributed by atoms with Gasteiger partial charge in [-0.2, -0.15) is 0 Å². The minimum absolute atomic E-state index is 0. The van der Waals surface area contributed by atoms with Gasteiger partial charge in [0.15, 0.2) is 0 Å². The van der Waals surface area contributed by atoms with Crippen molar-refractivity contribution >= 4 is 18.3 Å². The summed E-state index contributed by atoms with van der Waals surface area (Å²) < 4.78 is 5.70. The van der Waals surface area contributed by atoms with Crippen LogP contribution < -0.4 is 10.5 Å². The van der Waals surface area contributed by atoms with Crippen LogP contribution in [0.3, 0.4) is 0 Å². The number of nitrogens with zero attached hydrogens (tertiary/aromatic N) is 1. The van der Waals surface area contributed by atoms with E-state index in [9.17, 15) is 4.79 Å². The highest BCUT2D eigenvalue weighted by molar-refractivity contribution is 5.85. The molecule has 0 spiro atoms. The Morgan fingerprint density at radius 1 is 1.04 bits per heavy atom. The number of amides is 1. The second-order valence-electron chi connectivity index (χ2n) is 6.40. The van der Waals surface area contributed by atoms with Crippen LogP contribution >= 0.6 is 12.4 Å². The summed E-state index contributed by atoms with van der Waals surface area (Å²) in [5.74, 6) is 0.901. The maximum Gasteiger partial charge on any atom is 0.227 e. The third-order valence-corrected chi connectivity index (χ3v) is 3.89. The van der Waals surface area contributed by atoms with Crippen LogP contribution in [0.5, 0.6) is 5.75 Å². The van der Waals surface area contributed by atoms with Crippen LogP contribution in [0.4, 0.5) is 0 Å². The lowest BCUT2D eigenvalue weighted by atomic mass is 10.1. The number of carbonyl (C=O) groups is 1. The fourth-order valence-electron chi connectivity index (χ4n) is 2.71. The summed E-state index contributed by atoms with van der Waals surface area (Å²) in [4.78, 5) is 14.5. The van der Waals surface area contributed by atoms with Gasteiger partial charge in [0.25, 0.3) is 0 Å². The van der Waals surface area contributed by atoms with Crippen LogP contribution in [0.25, 0.3) is 0 Å². The predicted molar refractivity (Wildman–Crippen MR) is 109 cm³/mol. The zero-order chi connectivity index (χ0) is 18.1. The van der Waals surface area contributed by atoms with Gasteiger partial charge in [-0.3, -0.25) is 4.79 Å². The molecule has 2 N–H and O–H groups in total. The highest BCUT2D eigenvalue weighted by Crippen LogP contribution is 2.16. The van der Waals surface area contributed by atoms with Crippen molar-refractivity contribution in [2.75, 3.05) is 19.6 Å². The normalized spacial score (nSPS) is 10.3. The van der Waals surface area contributed by atoms with Gasteiger partial charge in [-0.15, -0.1) is 12.4 Å². The highest BCUT2D eigenvalue weighted by atomic mass is 35.5. The first-order valence-corrected chi connectivity index (χ1v) is 8.86. The molecule has 0 saturated carbocycles. The molecular weight excluding hydrogens is 348 g/mol. The van der Waals surface area contributed by atoms with E-state index < -0.39 is 0 Å². The van der Waals surface area contributed by atoms with E-state index in [0.717, 1.165) is 17.7 Å². The number of nitrogens with two attached hydrogens (primary N) is 1. The fourth-order valence-corrected chi connectivity index (χ4v) is 2.71. The molecule has 2 aromatic rings. The van der Waals surface area contributed by atoms with Gasteiger partial charge in [0.2, 0.25) is 5.91 Å². The summed E-state index contributed by atoms with van der Waals surface area (Å²) in [6.45, 7) is 5.71. The van der Waals surface area contributed by atoms with E-state index in [0.29, 0.717) is 26.1 Å². The standard InChI is InChI=1S/C21H28N2O2.ClH/c1-17(2)25-20-10-6-9-19(15-20)16-21(24)23(14-12-22)13-11-18-7-4-3-5-8-18;/h3-10,15,17H,11-14,16,22H2,1-2H3;1H. The predicted octanol–water partition coefficient (Wildman–Crippen LogP) is 3.47. The van der Waals surface area contributed by atoms with Gasteiger partial charge in [-0.05, 0) is 43.5 Å². The first-order chi connectivity index (χ1) is 12.1. The summed E-state index contributed by atoms with van der Waals surface area (Å²) in [5, 5.41) is 0. The Hall–Kier alpha value is -2.04. The average Bonchev–Trinajstić information content (AvgIpc) is 2.59. The third-order valence-electron chi connectivity index (χ3n) is 3.89. The molecule has 26 heavy (non-hydrogen) atoms. The lowest BCUT2D eigenvalue weighted by Crippen LogP contribution is -2.37. The third kappa shape index (κ3) is 7.46. The number of hydrogen-bond donors (Lipinski definition) is 1. The zero-order valence-electron chi connectivity index (χ0n) is 15.6. The van der Waals surface area contributed by atoms with Crippen molar-refractivity contribution in [1.82, 2.24) is 4.90 Å². The van der Waals surface area contributed by atoms with Crippen molar-refractivity contribution in [3.63, 3.8) is 0 Å². The molecule has 0 aromatic heterocycles. The molecule has 0 aliphatic heterocycles. The number of rotatable bonds is 9. The molecule has 0 saturated heterocycles. The fraction of sp³-hybridized carbons (Fsp3) is 0.381. The van der Waals surface area contributed by atoms with Gasteiger partial charge in [-0.1, -0.05) is 42.5 Å². The zero-order valence-corrected chi connectivity index (χ0v) is 16.4. The minimum Gasteiger partial charge on any atom is -0.491 e. The van der Waals surface area contributed by atoms with Crippen molar-refractivity contribution in [2.24, 2.45) is 5.73 Å². The Bertz CT molecular complexity index is 662. The molecule has 4 nitrogen and oxygen atoms in total. The van der Waals surface area contributed by atoms with Crippen LogP contribution in [-0.4, -0.2) is 36.5 Å². The lowest BCUT2D eigenvalue weighted by Gasteiger charge is -2.22. The minimum atomic E-state index is 0. The van der Waals surface area contributed by atoms with Crippen LogP contribution in [0.2, 0.25) is 0 Å². The molecule has 0 bridgehead atoms. The van der Waals surface area contributed by atoms with E-state index in [1.807, 2.05) is 61.2 Å². The second kappa shape index (κ2) is 11.6. The van der Waals surface area contributed by atoms with Crippen LogP contribution in [0, 0.1) is 0 Å². The molecule has 0 heterocycles. The van der Waals surface area contributed by atoms with Gasteiger partial charge in [0.1, 0.15) is 5.75 Å². The number of benzene rings is 2. The van der Waals surface area contributed by atoms with Gasteiger partial charge >= 0.3 is 0 Å². The molecule has 1 amide bonds. The molecule has 0 aliphatic rings. The summed E-state index contributed by atoms with van der Waals surface area (Å²) >= 11 is 0. The van der Waals surface area contributed by atoms with Crippen molar-refractivity contribution < 1.29 is 9.53 Å². The molecule has 2 aromatic carbocycles. The SMILES string of the molecule is CC(C)Oc1cccc(CC(=O)N(CCN)CCc2ccccc2)c1.Cl. The van der Waals surface area contributed by atoms with E-state index in [4.69, 9.17) is 10.5 Å². The Balaban J connectivity index is 0.00000338. The molecule has 0 aliphatic carbocycles. The first kappa shape index (κ1) is 22.0. The van der Waals surface area contributed by atoms with Crippen molar-refractivity contribution in [3.05, 3.63) is 65.7 Å². The van der Waals surface area contributed by atoms with E-state index in [1.54, 1.807) is 0 Å². The van der Waals surface area contributed by atoms with E-state index in [1.165, 1.54) is 5.56 Å². The molecule has 0 fully saturated rings. The Kier molecular flexibility index (Phi) is 9.78. The second-order valence-corrected chi connectivity index (χ2v) is 6.40. The Labute approximate surface area is 162 Å². The van der Waals surface area contributed by atoms with Gasteiger partial charge in [-0.25, -0.2) is 0 Å². The van der Waals surface area contributed by atoms with E-state index in [2.05, 4.69) is 12.1 Å². The molecular formula is C21H29ClN2O2. The van der Waals surface area contributed by atoms with Crippen LogP contribution in [0.15, 0.2) is 54.6 Å². The van der Waals surface area contributed by atoms with Crippen LogP contribution in [-0.2, 0) is 17.6 Å². The Morgan fingerprint density at radius 2 is 1.73 bits per heavy atom. The highest BCUT2D eigenvalue weighted by Gasteiger charge is 2.14. The van der Waals surface area contributed by atoms with Crippen molar-refractivity contribution in [2.45, 2.75) is 32.8 Å². The molecule has 2 rings (SSSR count). The number of carbonyl (C=O) groups excluding carboxylic acids is 1. The van der Waals surface area contributed by atoms with E-state index >= 15 is 0 Å². The number of halogens is 1. The maximum atomic E-state index is 12.7. The molecule has 0 atom stereocenters.